The molecule has 1 atom stereocenters. The smallest absolute Gasteiger partial charge is 0.241 e. The number of H-pyrrole nitrogens is 1. The fraction of sp³-hybridized carbons (Fsp3) is 0.308. The molecule has 108 valence electrons. The Balaban J connectivity index is 2.24. The van der Waals surface area contributed by atoms with Crippen molar-refractivity contribution in [2.45, 2.75) is 31.3 Å². The fourth-order valence-corrected chi connectivity index (χ4v) is 3.25. The van der Waals surface area contributed by atoms with Gasteiger partial charge < -0.3 is 5.73 Å². The van der Waals surface area contributed by atoms with E-state index in [0.29, 0.717) is 6.54 Å². The lowest BCUT2D eigenvalue weighted by Crippen LogP contribution is -2.26. The molecular weight excluding hydrogens is 276 g/mol. The molecular formula is C13H18N4O2S. The first-order valence-corrected chi connectivity index (χ1v) is 7.73. The lowest BCUT2D eigenvalue weighted by atomic mass is 10.1. The summed E-state index contributed by atoms with van der Waals surface area (Å²) in [4.78, 5) is 0.238. The van der Waals surface area contributed by atoms with Crippen LogP contribution in [0.15, 0.2) is 35.5 Å². The van der Waals surface area contributed by atoms with Gasteiger partial charge in [-0.3, -0.25) is 5.10 Å². The topological polar surface area (TPSA) is 101 Å². The second kappa shape index (κ2) is 5.74. The number of aromatic nitrogens is 2. The van der Waals surface area contributed by atoms with Gasteiger partial charge in [0.15, 0.2) is 0 Å². The molecule has 4 N–H and O–H groups in total. The minimum absolute atomic E-state index is 0.238. The largest absolute Gasteiger partial charge is 0.326 e. The van der Waals surface area contributed by atoms with Crippen LogP contribution >= 0.6 is 0 Å². The number of hydrogen-bond acceptors (Lipinski definition) is 4. The van der Waals surface area contributed by atoms with Crippen LogP contribution in [0.2, 0.25) is 0 Å². The van der Waals surface area contributed by atoms with Crippen molar-refractivity contribution in [3.63, 3.8) is 0 Å². The van der Waals surface area contributed by atoms with E-state index in [1.165, 1.54) is 0 Å². The van der Waals surface area contributed by atoms with Gasteiger partial charge in [-0.15, -0.1) is 0 Å². The summed E-state index contributed by atoms with van der Waals surface area (Å²) in [5, 5.41) is 6.47. The average Bonchev–Trinajstić information content (AvgIpc) is 2.92. The van der Waals surface area contributed by atoms with Crippen molar-refractivity contribution in [2.75, 3.05) is 0 Å². The maximum Gasteiger partial charge on any atom is 0.241 e. The van der Waals surface area contributed by atoms with Crippen molar-refractivity contribution in [3.05, 3.63) is 47.3 Å². The Morgan fingerprint density at radius 1 is 1.45 bits per heavy atom. The maximum atomic E-state index is 12.3. The van der Waals surface area contributed by atoms with Crippen molar-refractivity contribution >= 4 is 10.0 Å². The van der Waals surface area contributed by atoms with Crippen LogP contribution in [0.25, 0.3) is 0 Å². The molecule has 1 aromatic carbocycles. The van der Waals surface area contributed by atoms with E-state index in [2.05, 4.69) is 14.9 Å². The zero-order valence-electron chi connectivity index (χ0n) is 11.4. The molecule has 0 aliphatic heterocycles. The highest BCUT2D eigenvalue weighted by Gasteiger charge is 2.19. The summed E-state index contributed by atoms with van der Waals surface area (Å²) in [5.41, 5.74) is 8.16. The molecule has 0 aliphatic carbocycles. The Morgan fingerprint density at radius 3 is 2.75 bits per heavy atom. The van der Waals surface area contributed by atoms with Gasteiger partial charge in [0.1, 0.15) is 0 Å². The van der Waals surface area contributed by atoms with E-state index in [4.69, 9.17) is 5.73 Å². The Bertz CT molecular complexity index is 680. The number of hydrogen-bond donors (Lipinski definition) is 3. The molecule has 20 heavy (non-hydrogen) atoms. The van der Waals surface area contributed by atoms with E-state index in [1.807, 2.05) is 6.92 Å². The molecule has 7 heteroatoms. The summed E-state index contributed by atoms with van der Waals surface area (Å²) in [6.45, 7) is 4.01. The highest BCUT2D eigenvalue weighted by atomic mass is 32.2. The van der Waals surface area contributed by atoms with E-state index in [0.717, 1.165) is 16.7 Å². The summed E-state index contributed by atoms with van der Waals surface area (Å²) < 4.78 is 27.3. The molecule has 0 bridgehead atoms. The van der Waals surface area contributed by atoms with Gasteiger partial charge in [-0.25, -0.2) is 13.1 Å². The summed E-state index contributed by atoms with van der Waals surface area (Å²) in [6.07, 6.45) is 3.26. The third-order valence-electron chi connectivity index (χ3n) is 3.20. The predicted octanol–water partition coefficient (Wildman–Crippen LogP) is 1.22. The normalized spacial score (nSPS) is 13.3. The first kappa shape index (κ1) is 14.7. The van der Waals surface area contributed by atoms with Crippen LogP contribution in [-0.4, -0.2) is 18.6 Å². The molecule has 0 radical (unpaired) electrons. The highest BCUT2D eigenvalue weighted by molar-refractivity contribution is 7.89. The monoisotopic (exact) mass is 294 g/mol. The SMILES string of the molecule is Cc1cc(S(=O)(=O)NC(C)c2cn[nH]c2)ccc1CN. The van der Waals surface area contributed by atoms with Crippen molar-refractivity contribution in [3.8, 4) is 0 Å². The quantitative estimate of drug-likeness (QED) is 0.771. The molecule has 0 amide bonds. The summed E-state index contributed by atoms with van der Waals surface area (Å²) >= 11 is 0. The van der Waals surface area contributed by atoms with E-state index in [1.54, 1.807) is 37.5 Å². The van der Waals surface area contributed by atoms with Crippen LogP contribution in [0.4, 0.5) is 0 Å². The Morgan fingerprint density at radius 2 is 2.20 bits per heavy atom. The van der Waals surface area contributed by atoms with Crippen LogP contribution in [0, 0.1) is 6.92 Å². The van der Waals surface area contributed by atoms with Gasteiger partial charge in [0.2, 0.25) is 10.0 Å². The Kier molecular flexibility index (Phi) is 4.22. The summed E-state index contributed by atoms with van der Waals surface area (Å²) in [5.74, 6) is 0. The minimum atomic E-state index is -3.57. The lowest BCUT2D eigenvalue weighted by molar-refractivity contribution is 0.567. The van der Waals surface area contributed by atoms with E-state index < -0.39 is 10.0 Å². The average molecular weight is 294 g/mol. The zero-order valence-corrected chi connectivity index (χ0v) is 12.2. The molecule has 1 aromatic heterocycles. The molecule has 0 saturated carbocycles. The lowest BCUT2D eigenvalue weighted by Gasteiger charge is -2.13. The highest BCUT2D eigenvalue weighted by Crippen LogP contribution is 2.18. The van der Waals surface area contributed by atoms with E-state index in [9.17, 15) is 8.42 Å². The Labute approximate surface area is 118 Å². The molecule has 1 unspecified atom stereocenters. The molecule has 0 aliphatic rings. The third kappa shape index (κ3) is 3.06. The molecule has 6 nitrogen and oxygen atoms in total. The summed E-state index contributed by atoms with van der Waals surface area (Å²) in [7, 11) is -3.57. The van der Waals surface area contributed by atoms with Gasteiger partial charge in [-0.2, -0.15) is 5.10 Å². The first-order chi connectivity index (χ1) is 9.44. The van der Waals surface area contributed by atoms with Crippen molar-refractivity contribution in [1.82, 2.24) is 14.9 Å². The molecule has 0 fully saturated rings. The number of benzene rings is 1. The van der Waals surface area contributed by atoms with Gasteiger partial charge in [0.25, 0.3) is 0 Å². The van der Waals surface area contributed by atoms with Crippen molar-refractivity contribution in [2.24, 2.45) is 5.73 Å². The molecule has 0 spiro atoms. The zero-order chi connectivity index (χ0) is 14.8. The van der Waals surface area contributed by atoms with Crippen LogP contribution in [0.1, 0.15) is 29.7 Å². The Hall–Kier alpha value is -1.70. The third-order valence-corrected chi connectivity index (χ3v) is 4.73. The van der Waals surface area contributed by atoms with Gasteiger partial charge >= 0.3 is 0 Å². The van der Waals surface area contributed by atoms with Crippen LogP contribution in [0.3, 0.4) is 0 Å². The second-order valence-corrected chi connectivity index (χ2v) is 6.38. The van der Waals surface area contributed by atoms with Crippen molar-refractivity contribution < 1.29 is 8.42 Å². The molecule has 2 aromatic rings. The van der Waals surface area contributed by atoms with Gasteiger partial charge in [-0.1, -0.05) is 6.07 Å². The number of aryl methyl sites for hydroxylation is 1. The molecule has 0 saturated heterocycles. The van der Waals surface area contributed by atoms with Crippen LogP contribution in [-0.2, 0) is 16.6 Å². The minimum Gasteiger partial charge on any atom is -0.326 e. The number of nitrogens with zero attached hydrogens (tertiary/aromatic N) is 1. The predicted molar refractivity (Wildman–Crippen MR) is 76.4 cm³/mol. The van der Waals surface area contributed by atoms with E-state index in [-0.39, 0.29) is 10.9 Å². The molecule has 1 heterocycles. The standard InChI is InChI=1S/C13H18N4O2S/c1-9-5-13(4-3-11(9)6-14)20(18,19)17-10(2)12-7-15-16-8-12/h3-5,7-8,10,17H,6,14H2,1-2H3,(H,15,16). The van der Waals surface area contributed by atoms with Crippen LogP contribution in [0.5, 0.6) is 0 Å². The van der Waals surface area contributed by atoms with Crippen LogP contribution < -0.4 is 10.5 Å². The number of nitrogens with one attached hydrogen (secondary N) is 2. The number of sulfonamides is 1. The molecule has 2 rings (SSSR count). The first-order valence-electron chi connectivity index (χ1n) is 6.24. The van der Waals surface area contributed by atoms with Crippen molar-refractivity contribution in [1.29, 1.82) is 0 Å². The van der Waals surface area contributed by atoms with Gasteiger partial charge in [0.05, 0.1) is 11.1 Å². The second-order valence-electron chi connectivity index (χ2n) is 4.67. The fourth-order valence-electron chi connectivity index (χ4n) is 1.93. The van der Waals surface area contributed by atoms with Gasteiger partial charge in [0, 0.05) is 24.3 Å². The number of rotatable bonds is 5. The maximum absolute atomic E-state index is 12.3. The summed E-state index contributed by atoms with van der Waals surface area (Å²) in [6, 6.07) is 4.59. The van der Waals surface area contributed by atoms with Gasteiger partial charge in [-0.05, 0) is 37.1 Å². The number of nitrogens with two attached hydrogens (primary N) is 1. The van der Waals surface area contributed by atoms with E-state index >= 15 is 0 Å². The number of aromatic amines is 1.